The standard InChI is InChI=1S/C14H15Cl2N3O2/c15-12-3-2-10(6-13(12)16)9-19-14(20)7-11(8-18-19)21-5-1-4-17/h2-3,6-8H,1,4-5,9,17H2. The van der Waals surface area contributed by atoms with Gasteiger partial charge < -0.3 is 10.5 Å². The molecule has 0 radical (unpaired) electrons. The Balaban J connectivity index is 2.10. The van der Waals surface area contributed by atoms with E-state index in [9.17, 15) is 4.79 Å². The largest absolute Gasteiger partial charge is 0.492 e. The molecule has 0 aliphatic rings. The van der Waals surface area contributed by atoms with Crippen LogP contribution in [-0.4, -0.2) is 22.9 Å². The highest BCUT2D eigenvalue weighted by molar-refractivity contribution is 6.42. The van der Waals surface area contributed by atoms with E-state index >= 15 is 0 Å². The Labute approximate surface area is 132 Å². The average Bonchev–Trinajstić information content (AvgIpc) is 2.46. The smallest absolute Gasteiger partial charge is 0.270 e. The van der Waals surface area contributed by atoms with Crippen LogP contribution in [0, 0.1) is 0 Å². The number of hydrogen-bond donors (Lipinski definition) is 1. The molecule has 0 fully saturated rings. The Kier molecular flexibility index (Phi) is 5.61. The van der Waals surface area contributed by atoms with Gasteiger partial charge in [0.1, 0.15) is 5.75 Å². The van der Waals surface area contributed by atoms with Crippen molar-refractivity contribution in [2.45, 2.75) is 13.0 Å². The number of halogens is 2. The molecular weight excluding hydrogens is 313 g/mol. The molecule has 0 saturated carbocycles. The summed E-state index contributed by atoms with van der Waals surface area (Å²) in [7, 11) is 0. The molecule has 1 heterocycles. The molecule has 21 heavy (non-hydrogen) atoms. The van der Waals surface area contributed by atoms with Crippen LogP contribution in [0.3, 0.4) is 0 Å². The van der Waals surface area contributed by atoms with E-state index in [1.807, 2.05) is 0 Å². The Morgan fingerprint density at radius 2 is 2.05 bits per heavy atom. The molecule has 7 heteroatoms. The fraction of sp³-hybridized carbons (Fsp3) is 0.286. The lowest BCUT2D eigenvalue weighted by Crippen LogP contribution is -2.22. The average molecular weight is 328 g/mol. The minimum absolute atomic E-state index is 0.244. The molecule has 2 N–H and O–H groups in total. The number of hydrogen-bond acceptors (Lipinski definition) is 4. The number of nitrogens with zero attached hydrogens (tertiary/aromatic N) is 2. The zero-order chi connectivity index (χ0) is 15.2. The summed E-state index contributed by atoms with van der Waals surface area (Å²) in [6, 6.07) is 6.60. The summed E-state index contributed by atoms with van der Waals surface area (Å²) >= 11 is 11.8. The summed E-state index contributed by atoms with van der Waals surface area (Å²) in [6.07, 6.45) is 2.24. The lowest BCUT2D eigenvalue weighted by molar-refractivity contribution is 0.309. The fourth-order valence-electron chi connectivity index (χ4n) is 1.70. The maximum atomic E-state index is 12.0. The van der Waals surface area contributed by atoms with Crippen LogP contribution in [0.15, 0.2) is 35.3 Å². The lowest BCUT2D eigenvalue weighted by Gasteiger charge is -2.08. The van der Waals surface area contributed by atoms with Crippen molar-refractivity contribution in [1.29, 1.82) is 0 Å². The van der Waals surface area contributed by atoms with Crippen LogP contribution in [-0.2, 0) is 6.54 Å². The number of nitrogens with two attached hydrogens (primary N) is 1. The monoisotopic (exact) mass is 327 g/mol. The summed E-state index contributed by atoms with van der Waals surface area (Å²) in [5.74, 6) is 0.443. The van der Waals surface area contributed by atoms with Gasteiger partial charge in [-0.2, -0.15) is 5.10 Å². The maximum absolute atomic E-state index is 12.0. The summed E-state index contributed by atoms with van der Waals surface area (Å²) < 4.78 is 6.70. The van der Waals surface area contributed by atoms with Crippen LogP contribution in [0.1, 0.15) is 12.0 Å². The van der Waals surface area contributed by atoms with Crippen molar-refractivity contribution in [1.82, 2.24) is 9.78 Å². The van der Waals surface area contributed by atoms with Crippen LogP contribution in [0.5, 0.6) is 5.75 Å². The van der Waals surface area contributed by atoms with Gasteiger partial charge in [-0.3, -0.25) is 4.79 Å². The molecule has 112 valence electrons. The van der Waals surface area contributed by atoms with E-state index < -0.39 is 0 Å². The van der Waals surface area contributed by atoms with Gasteiger partial charge in [-0.25, -0.2) is 4.68 Å². The van der Waals surface area contributed by atoms with Gasteiger partial charge in [0, 0.05) is 6.07 Å². The summed E-state index contributed by atoms with van der Waals surface area (Å²) in [5.41, 5.74) is 5.97. The first-order valence-electron chi connectivity index (χ1n) is 6.44. The third kappa shape index (κ3) is 4.46. The molecule has 0 aliphatic heterocycles. The molecule has 0 atom stereocenters. The third-order valence-corrected chi connectivity index (χ3v) is 3.52. The predicted octanol–water partition coefficient (Wildman–Crippen LogP) is 2.33. The van der Waals surface area contributed by atoms with Crippen molar-refractivity contribution >= 4 is 23.2 Å². The van der Waals surface area contributed by atoms with Gasteiger partial charge in [0.05, 0.1) is 29.4 Å². The van der Waals surface area contributed by atoms with E-state index in [1.54, 1.807) is 18.2 Å². The molecular formula is C14H15Cl2N3O2. The van der Waals surface area contributed by atoms with Crippen molar-refractivity contribution in [2.24, 2.45) is 5.73 Å². The third-order valence-electron chi connectivity index (χ3n) is 2.78. The fourth-order valence-corrected chi connectivity index (χ4v) is 2.02. The summed E-state index contributed by atoms with van der Waals surface area (Å²) in [5, 5.41) is 5.00. The van der Waals surface area contributed by atoms with Gasteiger partial charge in [-0.15, -0.1) is 0 Å². The van der Waals surface area contributed by atoms with Crippen LogP contribution < -0.4 is 16.0 Å². The zero-order valence-electron chi connectivity index (χ0n) is 11.3. The number of benzene rings is 1. The van der Waals surface area contributed by atoms with Gasteiger partial charge in [0.2, 0.25) is 0 Å². The quantitative estimate of drug-likeness (QED) is 0.826. The molecule has 0 saturated heterocycles. The summed E-state index contributed by atoms with van der Waals surface area (Å²) in [6.45, 7) is 1.33. The number of aromatic nitrogens is 2. The maximum Gasteiger partial charge on any atom is 0.270 e. The Hall–Kier alpha value is -1.56. The molecule has 0 bridgehead atoms. The SMILES string of the molecule is NCCCOc1cnn(Cc2ccc(Cl)c(Cl)c2)c(=O)c1. The van der Waals surface area contributed by atoms with Crippen LogP contribution in [0.2, 0.25) is 10.0 Å². The van der Waals surface area contributed by atoms with E-state index in [2.05, 4.69) is 5.10 Å². The zero-order valence-corrected chi connectivity index (χ0v) is 12.8. The summed E-state index contributed by atoms with van der Waals surface area (Å²) in [4.78, 5) is 12.0. The van der Waals surface area contributed by atoms with E-state index in [-0.39, 0.29) is 5.56 Å². The Bertz CT molecular complexity index is 674. The van der Waals surface area contributed by atoms with E-state index in [1.165, 1.54) is 16.9 Å². The second kappa shape index (κ2) is 7.45. The van der Waals surface area contributed by atoms with E-state index in [0.29, 0.717) is 35.5 Å². The van der Waals surface area contributed by atoms with Gasteiger partial charge in [-0.1, -0.05) is 29.3 Å². The van der Waals surface area contributed by atoms with Crippen LogP contribution >= 0.6 is 23.2 Å². The normalized spacial score (nSPS) is 10.6. The second-order valence-corrected chi connectivity index (χ2v) is 5.24. The first-order chi connectivity index (χ1) is 10.1. The highest BCUT2D eigenvalue weighted by atomic mass is 35.5. The van der Waals surface area contributed by atoms with Gasteiger partial charge in [-0.05, 0) is 30.7 Å². The predicted molar refractivity (Wildman–Crippen MR) is 83.2 cm³/mol. The number of rotatable bonds is 6. The molecule has 5 nitrogen and oxygen atoms in total. The van der Waals surface area contributed by atoms with Gasteiger partial charge in [0.15, 0.2) is 0 Å². The first-order valence-corrected chi connectivity index (χ1v) is 7.19. The molecule has 2 rings (SSSR count). The van der Waals surface area contributed by atoms with E-state index in [0.717, 1.165) is 12.0 Å². The van der Waals surface area contributed by atoms with E-state index in [4.69, 9.17) is 33.7 Å². The molecule has 0 amide bonds. The van der Waals surface area contributed by atoms with Crippen LogP contribution in [0.4, 0.5) is 0 Å². The highest BCUT2D eigenvalue weighted by Crippen LogP contribution is 2.22. The van der Waals surface area contributed by atoms with Crippen molar-refractivity contribution < 1.29 is 4.74 Å². The van der Waals surface area contributed by atoms with Gasteiger partial charge in [0.25, 0.3) is 5.56 Å². The minimum atomic E-state index is -0.244. The van der Waals surface area contributed by atoms with Crippen LogP contribution in [0.25, 0.3) is 0 Å². The Morgan fingerprint density at radius 1 is 1.24 bits per heavy atom. The molecule has 1 aromatic heterocycles. The molecule has 0 unspecified atom stereocenters. The van der Waals surface area contributed by atoms with Crippen molar-refractivity contribution in [3.63, 3.8) is 0 Å². The molecule has 0 spiro atoms. The topological polar surface area (TPSA) is 70.1 Å². The van der Waals surface area contributed by atoms with Crippen molar-refractivity contribution in [3.8, 4) is 5.75 Å². The lowest BCUT2D eigenvalue weighted by atomic mass is 10.2. The number of ether oxygens (including phenoxy) is 1. The highest BCUT2D eigenvalue weighted by Gasteiger charge is 2.04. The second-order valence-electron chi connectivity index (χ2n) is 4.43. The molecule has 0 aliphatic carbocycles. The molecule has 2 aromatic rings. The molecule has 1 aromatic carbocycles. The first kappa shape index (κ1) is 15.8. The van der Waals surface area contributed by atoms with Gasteiger partial charge >= 0.3 is 0 Å². The minimum Gasteiger partial charge on any atom is -0.492 e. The Morgan fingerprint density at radius 3 is 2.71 bits per heavy atom. The van der Waals surface area contributed by atoms with Crippen molar-refractivity contribution in [2.75, 3.05) is 13.2 Å². The van der Waals surface area contributed by atoms with Crippen molar-refractivity contribution in [3.05, 3.63) is 56.4 Å².